The van der Waals surface area contributed by atoms with Gasteiger partial charge in [-0.3, -0.25) is 4.31 Å². The average Bonchev–Trinajstić information content (AvgIpc) is 2.45. The van der Waals surface area contributed by atoms with Crippen LogP contribution in [-0.2, 0) is 10.0 Å². The van der Waals surface area contributed by atoms with Crippen LogP contribution >= 0.6 is 23.2 Å². The summed E-state index contributed by atoms with van der Waals surface area (Å²) in [6.07, 6.45) is 0. The molecule has 6 heteroatoms. The normalized spacial score (nSPS) is 11.7. The van der Waals surface area contributed by atoms with Gasteiger partial charge in [0.25, 0.3) is 10.0 Å². The lowest BCUT2D eigenvalue weighted by Crippen LogP contribution is -2.34. The second kappa shape index (κ2) is 7.12. The van der Waals surface area contributed by atoms with E-state index in [9.17, 15) is 8.42 Å². The molecular weight excluding hydrogens is 353 g/mol. The molecule has 0 fully saturated rings. The Kier molecular flexibility index (Phi) is 5.61. The zero-order chi connectivity index (χ0) is 17.2. The van der Waals surface area contributed by atoms with Crippen LogP contribution in [0.1, 0.15) is 19.4 Å². The van der Waals surface area contributed by atoms with E-state index < -0.39 is 10.0 Å². The Balaban J connectivity index is 2.60. The summed E-state index contributed by atoms with van der Waals surface area (Å²) in [6, 6.07) is 12.0. The minimum Gasteiger partial charge on any atom is -0.266 e. The second-order valence-corrected chi connectivity index (χ2v) is 8.43. The van der Waals surface area contributed by atoms with E-state index in [4.69, 9.17) is 23.2 Å². The average molecular weight is 372 g/mol. The molecule has 0 aliphatic carbocycles. The second-order valence-electron chi connectivity index (χ2n) is 5.82. The lowest BCUT2D eigenvalue weighted by molar-refractivity contribution is 0.578. The quantitative estimate of drug-likeness (QED) is 0.728. The molecule has 3 nitrogen and oxygen atoms in total. The van der Waals surface area contributed by atoms with Crippen LogP contribution in [-0.4, -0.2) is 15.0 Å². The Labute approximate surface area is 147 Å². The number of aryl methyl sites for hydroxylation is 1. The van der Waals surface area contributed by atoms with Crippen LogP contribution in [0.5, 0.6) is 0 Å². The Morgan fingerprint density at radius 1 is 1.00 bits per heavy atom. The number of nitrogens with zero attached hydrogens (tertiary/aromatic N) is 1. The molecule has 0 saturated heterocycles. The predicted molar refractivity (Wildman–Crippen MR) is 97.0 cm³/mol. The molecule has 0 bridgehead atoms. The maximum atomic E-state index is 13.2. The molecule has 0 unspecified atom stereocenters. The number of benzene rings is 2. The van der Waals surface area contributed by atoms with E-state index in [0.717, 1.165) is 5.56 Å². The fraction of sp³-hybridized carbons (Fsp3) is 0.294. The highest BCUT2D eigenvalue weighted by Gasteiger charge is 2.30. The summed E-state index contributed by atoms with van der Waals surface area (Å²) in [4.78, 5) is -0.0513. The Bertz CT molecular complexity index is 766. The number of hydrogen-bond donors (Lipinski definition) is 0. The summed E-state index contributed by atoms with van der Waals surface area (Å²) in [7, 11) is -3.85. The summed E-state index contributed by atoms with van der Waals surface area (Å²) in [5.74, 6) is 0.146. The van der Waals surface area contributed by atoms with Gasteiger partial charge in [-0.25, -0.2) is 8.42 Å². The van der Waals surface area contributed by atoms with E-state index in [1.807, 2.05) is 32.9 Å². The molecule has 0 heterocycles. The minimum absolute atomic E-state index is 0.0513. The van der Waals surface area contributed by atoms with Gasteiger partial charge in [-0.1, -0.05) is 60.8 Å². The van der Waals surface area contributed by atoms with Crippen LogP contribution in [0, 0.1) is 12.8 Å². The Morgan fingerprint density at radius 3 is 2.00 bits per heavy atom. The van der Waals surface area contributed by atoms with Crippen molar-refractivity contribution in [3.05, 3.63) is 58.1 Å². The first kappa shape index (κ1) is 18.1. The highest BCUT2D eigenvalue weighted by atomic mass is 35.5. The first-order chi connectivity index (χ1) is 10.7. The van der Waals surface area contributed by atoms with Crippen LogP contribution < -0.4 is 4.31 Å². The standard InChI is InChI=1S/C17H19Cl2NO2S/c1-12(2)11-20(14-9-7-13(3)8-10-14)23(21,22)17-15(18)5-4-6-16(17)19/h4-10,12H,11H2,1-3H3. The molecule has 0 N–H and O–H groups in total. The van der Waals surface area contributed by atoms with E-state index in [1.54, 1.807) is 18.2 Å². The topological polar surface area (TPSA) is 37.4 Å². The van der Waals surface area contributed by atoms with Gasteiger partial charge in [-0.15, -0.1) is 0 Å². The molecule has 0 amide bonds. The molecule has 0 atom stereocenters. The number of hydrogen-bond acceptors (Lipinski definition) is 2. The number of halogens is 2. The van der Waals surface area contributed by atoms with Crippen molar-refractivity contribution in [3.63, 3.8) is 0 Å². The third kappa shape index (κ3) is 4.00. The third-order valence-corrected chi connectivity index (χ3v) is 6.07. The Morgan fingerprint density at radius 2 is 1.52 bits per heavy atom. The van der Waals surface area contributed by atoms with Gasteiger partial charge >= 0.3 is 0 Å². The van der Waals surface area contributed by atoms with Crippen LogP contribution in [0.4, 0.5) is 5.69 Å². The van der Waals surface area contributed by atoms with E-state index in [0.29, 0.717) is 12.2 Å². The highest BCUT2D eigenvalue weighted by Crippen LogP contribution is 2.34. The van der Waals surface area contributed by atoms with Crippen molar-refractivity contribution in [3.8, 4) is 0 Å². The maximum absolute atomic E-state index is 13.2. The SMILES string of the molecule is Cc1ccc(N(CC(C)C)S(=O)(=O)c2c(Cl)cccc2Cl)cc1. The summed E-state index contributed by atoms with van der Waals surface area (Å²) in [6.45, 7) is 6.22. The largest absolute Gasteiger partial charge is 0.267 e. The molecule has 0 aliphatic heterocycles. The zero-order valence-electron chi connectivity index (χ0n) is 13.3. The van der Waals surface area contributed by atoms with Gasteiger partial charge in [0.1, 0.15) is 4.90 Å². The van der Waals surface area contributed by atoms with Crippen molar-refractivity contribution in [2.75, 3.05) is 10.8 Å². The van der Waals surface area contributed by atoms with E-state index in [1.165, 1.54) is 16.4 Å². The molecule has 23 heavy (non-hydrogen) atoms. The van der Waals surface area contributed by atoms with Gasteiger partial charge in [-0.05, 0) is 37.1 Å². The first-order valence-electron chi connectivity index (χ1n) is 7.27. The summed E-state index contributed by atoms with van der Waals surface area (Å²) in [5, 5.41) is 0.247. The number of sulfonamides is 1. The van der Waals surface area contributed by atoms with Crippen molar-refractivity contribution in [2.45, 2.75) is 25.7 Å². The molecule has 0 aromatic heterocycles. The minimum atomic E-state index is -3.85. The van der Waals surface area contributed by atoms with E-state index in [2.05, 4.69) is 0 Å². The van der Waals surface area contributed by atoms with Gasteiger partial charge in [0.05, 0.1) is 15.7 Å². The number of anilines is 1. The van der Waals surface area contributed by atoms with Gasteiger partial charge < -0.3 is 0 Å². The third-order valence-electron chi connectivity index (χ3n) is 3.32. The fourth-order valence-electron chi connectivity index (χ4n) is 2.22. The molecule has 124 valence electrons. The predicted octanol–water partition coefficient (Wildman–Crippen LogP) is 5.15. The molecule has 0 radical (unpaired) electrons. The smallest absolute Gasteiger partial charge is 0.266 e. The summed E-state index contributed by atoms with van der Waals surface area (Å²) in [5.41, 5.74) is 1.66. The van der Waals surface area contributed by atoms with Crippen molar-refractivity contribution >= 4 is 38.9 Å². The van der Waals surface area contributed by atoms with Crippen LogP contribution in [0.2, 0.25) is 10.0 Å². The lowest BCUT2D eigenvalue weighted by Gasteiger charge is -2.27. The van der Waals surface area contributed by atoms with Crippen LogP contribution in [0.25, 0.3) is 0 Å². The summed E-state index contributed by atoms with van der Waals surface area (Å²) < 4.78 is 27.7. The van der Waals surface area contributed by atoms with Crippen molar-refractivity contribution < 1.29 is 8.42 Å². The van der Waals surface area contributed by atoms with Gasteiger partial charge in [0.15, 0.2) is 0 Å². The van der Waals surface area contributed by atoms with Gasteiger partial charge in [0.2, 0.25) is 0 Å². The van der Waals surface area contributed by atoms with Crippen molar-refractivity contribution in [2.24, 2.45) is 5.92 Å². The molecule has 2 aromatic carbocycles. The Hall–Kier alpha value is -1.23. The van der Waals surface area contributed by atoms with Crippen molar-refractivity contribution in [1.29, 1.82) is 0 Å². The fourth-order valence-corrected chi connectivity index (χ4v) is 4.95. The van der Waals surface area contributed by atoms with Gasteiger partial charge in [0, 0.05) is 6.54 Å². The van der Waals surface area contributed by atoms with E-state index in [-0.39, 0.29) is 20.9 Å². The zero-order valence-corrected chi connectivity index (χ0v) is 15.6. The molecular formula is C17H19Cl2NO2S. The van der Waals surface area contributed by atoms with Gasteiger partial charge in [-0.2, -0.15) is 0 Å². The molecule has 0 spiro atoms. The van der Waals surface area contributed by atoms with Crippen molar-refractivity contribution in [1.82, 2.24) is 0 Å². The van der Waals surface area contributed by atoms with Crippen LogP contribution in [0.3, 0.4) is 0 Å². The lowest BCUT2D eigenvalue weighted by atomic mass is 10.2. The summed E-state index contributed by atoms with van der Waals surface area (Å²) >= 11 is 12.2. The van der Waals surface area contributed by atoms with Crippen LogP contribution in [0.15, 0.2) is 47.4 Å². The molecule has 2 aromatic rings. The van der Waals surface area contributed by atoms with E-state index >= 15 is 0 Å². The molecule has 2 rings (SSSR count). The monoisotopic (exact) mass is 371 g/mol. The number of rotatable bonds is 5. The first-order valence-corrected chi connectivity index (χ1v) is 9.46. The highest BCUT2D eigenvalue weighted by molar-refractivity contribution is 7.93. The molecule has 0 saturated carbocycles. The maximum Gasteiger partial charge on any atom is 0.267 e. The molecule has 0 aliphatic rings.